The zero-order valence-corrected chi connectivity index (χ0v) is 26.9. The molecular formula is C35H52O8. The first-order valence-electron chi connectivity index (χ1n) is 16.3. The molecular weight excluding hydrogens is 548 g/mol. The summed E-state index contributed by atoms with van der Waals surface area (Å²) in [5, 5.41) is 43.2. The Labute approximate surface area is 256 Å². The number of carbonyl (C=O) groups excluding carboxylic acids is 1. The molecule has 2 saturated heterocycles. The van der Waals surface area contributed by atoms with E-state index < -0.39 is 46.6 Å². The summed E-state index contributed by atoms with van der Waals surface area (Å²) in [4.78, 5) is 14.0. The largest absolute Gasteiger partial charge is 0.451 e. The number of allylic oxidation sites excluding steroid dienone is 5. The molecule has 8 nitrogen and oxygen atoms in total. The quantitative estimate of drug-likeness (QED) is 0.213. The van der Waals surface area contributed by atoms with Crippen LogP contribution in [0, 0.1) is 33.5 Å². The van der Waals surface area contributed by atoms with Gasteiger partial charge in [0.05, 0.1) is 12.7 Å². The van der Waals surface area contributed by atoms with E-state index in [0.29, 0.717) is 12.8 Å². The summed E-state index contributed by atoms with van der Waals surface area (Å²) in [5.74, 6) is 0.301. The van der Waals surface area contributed by atoms with E-state index in [4.69, 9.17) is 14.2 Å². The summed E-state index contributed by atoms with van der Waals surface area (Å²) in [5.41, 5.74) is -1.68. The van der Waals surface area contributed by atoms with Gasteiger partial charge >= 0.3 is 5.97 Å². The van der Waals surface area contributed by atoms with Gasteiger partial charge in [-0.1, -0.05) is 57.1 Å². The molecule has 4 aliphatic carbocycles. The van der Waals surface area contributed by atoms with E-state index in [1.54, 1.807) is 0 Å². The average molecular weight is 601 g/mol. The highest BCUT2D eigenvalue weighted by molar-refractivity contribution is 5.86. The fourth-order valence-corrected chi connectivity index (χ4v) is 10.9. The predicted octanol–water partition coefficient (Wildman–Crippen LogP) is 4.35. The van der Waals surface area contributed by atoms with E-state index in [0.717, 1.165) is 37.7 Å². The Morgan fingerprint density at radius 1 is 1.00 bits per heavy atom. The summed E-state index contributed by atoms with van der Waals surface area (Å²) >= 11 is 0. The van der Waals surface area contributed by atoms with Gasteiger partial charge in [-0.05, 0) is 94.5 Å². The van der Waals surface area contributed by atoms with E-state index in [1.807, 2.05) is 39.0 Å². The normalized spacial score (nSPS) is 52.0. The van der Waals surface area contributed by atoms with Crippen molar-refractivity contribution in [2.75, 3.05) is 6.61 Å². The number of ether oxygens (including phenoxy) is 3. The maximum atomic E-state index is 14.0. The summed E-state index contributed by atoms with van der Waals surface area (Å²) in [6.07, 6.45) is 8.43. The zero-order valence-electron chi connectivity index (χ0n) is 26.9. The third-order valence-electron chi connectivity index (χ3n) is 13.4. The van der Waals surface area contributed by atoms with Crippen LogP contribution in [0.4, 0.5) is 0 Å². The summed E-state index contributed by atoms with van der Waals surface area (Å²) in [7, 11) is 0. The molecule has 2 aliphatic heterocycles. The van der Waals surface area contributed by atoms with Crippen molar-refractivity contribution in [1.29, 1.82) is 0 Å². The Bertz CT molecular complexity index is 1250. The molecule has 240 valence electrons. The Morgan fingerprint density at radius 2 is 1.72 bits per heavy atom. The molecule has 8 heteroatoms. The van der Waals surface area contributed by atoms with Crippen molar-refractivity contribution in [3.05, 3.63) is 35.5 Å². The van der Waals surface area contributed by atoms with Gasteiger partial charge in [-0.15, -0.1) is 0 Å². The van der Waals surface area contributed by atoms with E-state index >= 15 is 0 Å². The van der Waals surface area contributed by atoms with Crippen LogP contribution in [0.2, 0.25) is 0 Å². The van der Waals surface area contributed by atoms with Gasteiger partial charge in [-0.25, -0.2) is 0 Å². The number of esters is 1. The predicted molar refractivity (Wildman–Crippen MR) is 160 cm³/mol. The van der Waals surface area contributed by atoms with Gasteiger partial charge in [-0.2, -0.15) is 0 Å². The molecule has 0 amide bonds. The fourth-order valence-electron chi connectivity index (χ4n) is 10.9. The molecule has 6 aliphatic rings. The molecule has 3 saturated carbocycles. The Morgan fingerprint density at radius 3 is 2.42 bits per heavy atom. The number of hydrogen-bond acceptors (Lipinski definition) is 8. The van der Waals surface area contributed by atoms with Crippen molar-refractivity contribution in [3.63, 3.8) is 0 Å². The SMILES string of the molecule is CC(C)=C/C=C/[C@]1(C)OC(=O)[C@]23CC[C@@H]4C(=CC[C@H]5C(C)(C)[C@@H](O[C@@H]6OC[C@@H](O)[C@H](O)[C@H]6O)CC[C@]45C)[C@]2(C)CC[C@@]31O. The number of carbonyl (C=O) groups is 1. The maximum absolute atomic E-state index is 14.0. The zero-order chi connectivity index (χ0) is 31.4. The molecule has 4 N–H and O–H groups in total. The van der Waals surface area contributed by atoms with Gasteiger partial charge in [0.25, 0.3) is 0 Å². The number of fused-ring (bicyclic) bond motifs is 4. The van der Waals surface area contributed by atoms with Crippen LogP contribution in [0.3, 0.4) is 0 Å². The molecule has 0 radical (unpaired) electrons. The van der Waals surface area contributed by atoms with Crippen molar-refractivity contribution in [3.8, 4) is 0 Å². The van der Waals surface area contributed by atoms with Crippen molar-refractivity contribution in [2.45, 2.75) is 135 Å². The first kappa shape index (κ1) is 31.4. The Balaban J connectivity index is 1.30. The van der Waals surface area contributed by atoms with Crippen LogP contribution < -0.4 is 0 Å². The lowest BCUT2D eigenvalue weighted by Gasteiger charge is -2.64. The van der Waals surface area contributed by atoms with Gasteiger partial charge in [0, 0.05) is 5.41 Å². The molecule has 0 aromatic rings. The van der Waals surface area contributed by atoms with Crippen LogP contribution in [-0.2, 0) is 19.0 Å². The minimum Gasteiger partial charge on any atom is -0.451 e. The van der Waals surface area contributed by atoms with Crippen LogP contribution >= 0.6 is 0 Å². The summed E-state index contributed by atoms with van der Waals surface area (Å²) in [6.45, 7) is 14.9. The van der Waals surface area contributed by atoms with Crippen LogP contribution in [0.15, 0.2) is 35.5 Å². The van der Waals surface area contributed by atoms with Crippen LogP contribution in [0.5, 0.6) is 0 Å². The van der Waals surface area contributed by atoms with Gasteiger partial charge < -0.3 is 34.6 Å². The molecule has 1 spiro atoms. The van der Waals surface area contributed by atoms with Gasteiger partial charge in [-0.3, -0.25) is 4.79 Å². The molecule has 2 heterocycles. The lowest BCUT2D eigenvalue weighted by atomic mass is 9.40. The summed E-state index contributed by atoms with van der Waals surface area (Å²) in [6, 6.07) is 0. The molecule has 6 rings (SSSR count). The molecule has 5 fully saturated rings. The minimum absolute atomic E-state index is 0.0321. The lowest BCUT2D eigenvalue weighted by Crippen LogP contribution is -2.63. The Hall–Kier alpha value is -1.55. The highest BCUT2D eigenvalue weighted by Crippen LogP contribution is 2.77. The van der Waals surface area contributed by atoms with E-state index in [1.165, 1.54) is 5.57 Å². The molecule has 43 heavy (non-hydrogen) atoms. The van der Waals surface area contributed by atoms with Gasteiger partial charge in [0.15, 0.2) is 11.9 Å². The molecule has 0 aromatic heterocycles. The standard InChI is InChI=1S/C35H52O8/c1-20(2)9-8-14-33(7)35(40)18-17-32(6)22-10-11-24-30(3,4)25(42-28-27(38)26(37)23(36)19-41-28)13-15-31(24,5)21(22)12-16-34(32,35)29(39)43-33/h8-10,14,21,23-28,36-38,40H,11-13,15-19H2,1-7H3/b14-8+/t21-,23-,24+,25+,26+,27-,28+,31-,32+,33+,34-,35+/m1/s1. The third kappa shape index (κ3) is 3.99. The second-order valence-electron chi connectivity index (χ2n) is 16.0. The smallest absolute Gasteiger partial charge is 0.317 e. The van der Waals surface area contributed by atoms with Crippen molar-refractivity contribution >= 4 is 5.97 Å². The van der Waals surface area contributed by atoms with E-state index in [-0.39, 0.29) is 41.3 Å². The van der Waals surface area contributed by atoms with E-state index in [2.05, 4.69) is 33.8 Å². The highest BCUT2D eigenvalue weighted by atomic mass is 16.7. The number of hydrogen-bond donors (Lipinski definition) is 4. The fraction of sp³-hybridized carbons (Fsp3) is 0.800. The van der Waals surface area contributed by atoms with Crippen LogP contribution in [0.1, 0.15) is 93.4 Å². The number of rotatable bonds is 4. The Kier molecular flexibility index (Phi) is 7.29. The molecule has 0 bridgehead atoms. The second kappa shape index (κ2) is 9.97. The lowest BCUT2D eigenvalue weighted by molar-refractivity contribution is -0.303. The molecule has 0 aromatic carbocycles. The molecule has 0 unspecified atom stereocenters. The minimum atomic E-state index is -1.31. The first-order valence-corrected chi connectivity index (χ1v) is 16.3. The van der Waals surface area contributed by atoms with Crippen molar-refractivity contribution < 1.29 is 39.4 Å². The number of cyclic esters (lactones) is 1. The third-order valence-corrected chi connectivity index (χ3v) is 13.4. The topological polar surface area (TPSA) is 126 Å². The summed E-state index contributed by atoms with van der Waals surface area (Å²) < 4.78 is 18.2. The highest BCUT2D eigenvalue weighted by Gasteiger charge is 2.82. The molecule has 12 atom stereocenters. The average Bonchev–Trinajstić information content (AvgIpc) is 3.28. The monoisotopic (exact) mass is 600 g/mol. The van der Waals surface area contributed by atoms with Gasteiger partial charge in [0.2, 0.25) is 0 Å². The van der Waals surface area contributed by atoms with Crippen LogP contribution in [0.25, 0.3) is 0 Å². The van der Waals surface area contributed by atoms with E-state index in [9.17, 15) is 25.2 Å². The maximum Gasteiger partial charge on any atom is 0.317 e. The van der Waals surface area contributed by atoms with Crippen molar-refractivity contribution in [2.24, 2.45) is 33.5 Å². The number of aliphatic hydroxyl groups is 4. The second-order valence-corrected chi connectivity index (χ2v) is 16.0. The van der Waals surface area contributed by atoms with Crippen molar-refractivity contribution in [1.82, 2.24) is 0 Å². The first-order chi connectivity index (χ1) is 20.0. The number of aliphatic hydroxyl groups excluding tert-OH is 3. The van der Waals surface area contributed by atoms with Gasteiger partial charge in [0.1, 0.15) is 29.3 Å². The van der Waals surface area contributed by atoms with Crippen LogP contribution in [-0.4, -0.2) is 74.9 Å².